The normalized spacial score (nSPS) is 13.1. The van der Waals surface area contributed by atoms with Crippen molar-refractivity contribution in [3.8, 4) is 0 Å². The van der Waals surface area contributed by atoms with E-state index in [1.54, 1.807) is 29.6 Å². The van der Waals surface area contributed by atoms with Crippen LogP contribution >= 0.6 is 23.7 Å². The fourth-order valence-electron chi connectivity index (χ4n) is 1.97. The fourth-order valence-corrected chi connectivity index (χ4v) is 2.62. The van der Waals surface area contributed by atoms with Gasteiger partial charge in [-0.2, -0.15) is 0 Å². The molecule has 4 N–H and O–H groups in total. The number of halogens is 1. The van der Waals surface area contributed by atoms with E-state index in [-0.39, 0.29) is 30.1 Å². The molecule has 1 aromatic carbocycles. The molecule has 8 heteroatoms. The molecule has 6 nitrogen and oxygen atoms in total. The molecule has 2 amide bonds. The molecule has 1 aliphatic rings. The highest BCUT2D eigenvalue weighted by Gasteiger charge is 2.29. The van der Waals surface area contributed by atoms with Gasteiger partial charge in [-0.25, -0.2) is 4.98 Å². The van der Waals surface area contributed by atoms with E-state index < -0.39 is 0 Å². The summed E-state index contributed by atoms with van der Waals surface area (Å²) in [6, 6.07) is 7.07. The Morgan fingerprint density at radius 1 is 1.26 bits per heavy atom. The number of hydrogen-bond donors (Lipinski definition) is 3. The second-order valence-electron chi connectivity index (χ2n) is 5.13. The van der Waals surface area contributed by atoms with Crippen molar-refractivity contribution in [1.29, 1.82) is 0 Å². The number of thiazole rings is 1. The Morgan fingerprint density at radius 3 is 2.57 bits per heavy atom. The summed E-state index contributed by atoms with van der Waals surface area (Å²) in [6.45, 7) is 0.320. The fraction of sp³-hybridized carbons (Fsp3) is 0.267. The van der Waals surface area contributed by atoms with Crippen LogP contribution in [-0.4, -0.2) is 16.8 Å². The molecule has 0 radical (unpaired) electrons. The number of carbonyl (C=O) groups excluding carboxylic acids is 2. The second-order valence-corrected chi connectivity index (χ2v) is 6.07. The molecular weight excluding hydrogens is 336 g/mol. The topological polar surface area (TPSA) is 97.1 Å². The minimum Gasteiger partial charge on any atom is -0.326 e. The second kappa shape index (κ2) is 7.54. The number of hydrogen-bond acceptors (Lipinski definition) is 5. The molecule has 1 aromatic heterocycles. The third-order valence-corrected chi connectivity index (χ3v) is 4.17. The minimum absolute atomic E-state index is 0. The molecule has 1 fully saturated rings. The molecule has 1 aliphatic carbocycles. The van der Waals surface area contributed by atoms with Gasteiger partial charge in [-0.15, -0.1) is 23.7 Å². The molecular formula is C15H17ClN4O2S. The molecule has 0 aliphatic heterocycles. The van der Waals surface area contributed by atoms with Crippen LogP contribution in [-0.2, 0) is 11.3 Å². The maximum absolute atomic E-state index is 12.1. The predicted molar refractivity (Wildman–Crippen MR) is 93.0 cm³/mol. The number of nitrogens with one attached hydrogen (secondary N) is 2. The summed E-state index contributed by atoms with van der Waals surface area (Å²) in [4.78, 5) is 28.0. The van der Waals surface area contributed by atoms with Crippen molar-refractivity contribution < 1.29 is 9.59 Å². The first-order valence-electron chi connectivity index (χ1n) is 7.02. The first-order chi connectivity index (χ1) is 10.7. The molecule has 1 heterocycles. The number of nitrogens with zero attached hydrogens (tertiary/aromatic N) is 1. The minimum atomic E-state index is -0.290. The van der Waals surface area contributed by atoms with Crippen molar-refractivity contribution in [2.24, 2.45) is 11.7 Å². The lowest BCUT2D eigenvalue weighted by molar-refractivity contribution is -0.117. The first kappa shape index (κ1) is 17.4. The number of anilines is 2. The Hall–Kier alpha value is -1.96. The van der Waals surface area contributed by atoms with Crippen LogP contribution in [0.4, 0.5) is 11.4 Å². The summed E-state index contributed by atoms with van der Waals surface area (Å²) in [7, 11) is 0. The van der Waals surface area contributed by atoms with Gasteiger partial charge in [0.1, 0.15) is 10.7 Å². The average molecular weight is 353 g/mol. The van der Waals surface area contributed by atoms with Crippen LogP contribution in [0.3, 0.4) is 0 Å². The van der Waals surface area contributed by atoms with E-state index in [4.69, 9.17) is 5.73 Å². The third-order valence-electron chi connectivity index (χ3n) is 3.30. The van der Waals surface area contributed by atoms with Crippen molar-refractivity contribution in [2.45, 2.75) is 19.4 Å². The van der Waals surface area contributed by atoms with Gasteiger partial charge in [-0.05, 0) is 31.0 Å². The van der Waals surface area contributed by atoms with Crippen LogP contribution in [0.5, 0.6) is 0 Å². The number of amides is 2. The smallest absolute Gasteiger partial charge is 0.275 e. The molecule has 23 heavy (non-hydrogen) atoms. The van der Waals surface area contributed by atoms with Gasteiger partial charge in [0, 0.05) is 29.2 Å². The van der Waals surface area contributed by atoms with Gasteiger partial charge in [0.05, 0.1) is 0 Å². The average Bonchev–Trinajstić information content (AvgIpc) is 3.25. The van der Waals surface area contributed by atoms with Crippen LogP contribution in [0.25, 0.3) is 0 Å². The molecule has 2 aromatic rings. The zero-order valence-corrected chi connectivity index (χ0v) is 13.9. The highest BCUT2D eigenvalue weighted by Crippen LogP contribution is 2.30. The summed E-state index contributed by atoms with van der Waals surface area (Å²) in [5.41, 5.74) is 7.12. The maximum atomic E-state index is 12.1. The van der Waals surface area contributed by atoms with Crippen molar-refractivity contribution in [3.63, 3.8) is 0 Å². The number of carbonyl (C=O) groups is 2. The molecule has 0 bridgehead atoms. The van der Waals surface area contributed by atoms with E-state index in [0.717, 1.165) is 17.8 Å². The van der Waals surface area contributed by atoms with Gasteiger partial charge in [0.15, 0.2) is 0 Å². The van der Waals surface area contributed by atoms with E-state index in [9.17, 15) is 9.59 Å². The van der Waals surface area contributed by atoms with Gasteiger partial charge < -0.3 is 16.4 Å². The summed E-state index contributed by atoms with van der Waals surface area (Å²) in [5.74, 6) is -0.111. The van der Waals surface area contributed by atoms with Gasteiger partial charge in [0.25, 0.3) is 5.91 Å². The largest absolute Gasteiger partial charge is 0.326 e. The molecule has 0 atom stereocenters. The number of aromatic nitrogens is 1. The Labute approximate surface area is 143 Å². The highest BCUT2D eigenvalue weighted by molar-refractivity contribution is 7.09. The quantitative estimate of drug-likeness (QED) is 0.770. The van der Waals surface area contributed by atoms with Gasteiger partial charge in [-0.1, -0.05) is 6.07 Å². The lowest BCUT2D eigenvalue weighted by Gasteiger charge is -2.07. The van der Waals surface area contributed by atoms with E-state index >= 15 is 0 Å². The Morgan fingerprint density at radius 2 is 1.96 bits per heavy atom. The van der Waals surface area contributed by atoms with Crippen LogP contribution < -0.4 is 16.4 Å². The number of nitrogens with two attached hydrogens (primary N) is 1. The molecule has 1 saturated carbocycles. The summed E-state index contributed by atoms with van der Waals surface area (Å²) in [5, 5.41) is 8.01. The molecule has 3 rings (SSSR count). The predicted octanol–water partition coefficient (Wildman–Crippen LogP) is 2.62. The summed E-state index contributed by atoms with van der Waals surface area (Å²) in [6.07, 6.45) is 1.91. The third kappa shape index (κ3) is 4.51. The van der Waals surface area contributed by atoms with E-state index in [1.165, 1.54) is 11.3 Å². The van der Waals surface area contributed by atoms with Crippen molar-refractivity contribution in [3.05, 3.63) is 40.3 Å². The molecule has 122 valence electrons. The van der Waals surface area contributed by atoms with Gasteiger partial charge >= 0.3 is 0 Å². The van der Waals surface area contributed by atoms with E-state index in [2.05, 4.69) is 15.6 Å². The standard InChI is InChI=1S/C15H16N4O2S.ClH/c16-7-13-19-12(8-22-13)15(21)18-11-3-1-2-10(6-11)17-14(20)9-4-5-9;/h1-3,6,8-9H,4-5,7,16H2,(H,17,20)(H,18,21);1H. The van der Waals surface area contributed by atoms with Crippen molar-refractivity contribution >= 4 is 46.9 Å². The Balaban J connectivity index is 0.00000192. The number of benzene rings is 1. The lowest BCUT2D eigenvalue weighted by Crippen LogP contribution is -2.15. The summed E-state index contributed by atoms with van der Waals surface area (Å²) >= 11 is 1.36. The van der Waals surface area contributed by atoms with Crippen LogP contribution in [0.1, 0.15) is 28.3 Å². The molecule has 0 spiro atoms. The Kier molecular flexibility index (Phi) is 5.70. The monoisotopic (exact) mass is 352 g/mol. The van der Waals surface area contributed by atoms with Crippen molar-refractivity contribution in [2.75, 3.05) is 10.6 Å². The zero-order valence-electron chi connectivity index (χ0n) is 12.2. The Bertz CT molecular complexity index is 715. The summed E-state index contributed by atoms with van der Waals surface area (Å²) < 4.78 is 0. The molecule has 0 saturated heterocycles. The SMILES string of the molecule is Cl.NCc1nc(C(=O)Nc2cccc(NC(=O)C3CC3)c2)cs1. The van der Waals surface area contributed by atoms with Gasteiger partial charge in [0.2, 0.25) is 5.91 Å². The van der Waals surface area contributed by atoms with Gasteiger partial charge in [-0.3, -0.25) is 9.59 Å². The van der Waals surface area contributed by atoms with Crippen LogP contribution in [0, 0.1) is 5.92 Å². The zero-order chi connectivity index (χ0) is 15.5. The highest BCUT2D eigenvalue weighted by atomic mass is 35.5. The van der Waals surface area contributed by atoms with E-state index in [0.29, 0.717) is 23.6 Å². The molecule has 0 unspecified atom stereocenters. The van der Waals surface area contributed by atoms with Crippen LogP contribution in [0.15, 0.2) is 29.6 Å². The first-order valence-corrected chi connectivity index (χ1v) is 7.90. The van der Waals surface area contributed by atoms with Crippen molar-refractivity contribution in [1.82, 2.24) is 4.98 Å². The maximum Gasteiger partial charge on any atom is 0.275 e. The lowest BCUT2D eigenvalue weighted by atomic mass is 10.2. The van der Waals surface area contributed by atoms with E-state index in [1.807, 2.05) is 0 Å². The number of rotatable bonds is 5. The van der Waals surface area contributed by atoms with Crippen LogP contribution in [0.2, 0.25) is 0 Å².